The smallest absolute Gasteiger partial charge is 0.163 e. The average Bonchev–Trinajstić information content (AvgIpc) is 2.68. The third-order valence-electron chi connectivity index (χ3n) is 4.00. The third kappa shape index (κ3) is 4.89. The van der Waals surface area contributed by atoms with Crippen LogP contribution in [0.3, 0.4) is 0 Å². The van der Waals surface area contributed by atoms with E-state index in [0.717, 1.165) is 11.3 Å². The van der Waals surface area contributed by atoms with Crippen LogP contribution in [0, 0.1) is 11.6 Å². The molecule has 0 saturated heterocycles. The van der Waals surface area contributed by atoms with Gasteiger partial charge in [-0.25, -0.2) is 8.78 Å². The maximum absolute atomic E-state index is 13.7. The Morgan fingerprint density at radius 1 is 0.926 bits per heavy atom. The van der Waals surface area contributed by atoms with Gasteiger partial charge in [0.15, 0.2) is 11.5 Å². The second kappa shape index (κ2) is 8.73. The SMILES string of the molecule is COc1cc(CNc2ccc(F)cc2)c(Cl)cc1OCc1ccccc1F. The normalized spacial score (nSPS) is 10.5. The van der Waals surface area contributed by atoms with Crippen LogP contribution in [-0.2, 0) is 13.2 Å². The number of hydrogen-bond acceptors (Lipinski definition) is 3. The summed E-state index contributed by atoms with van der Waals surface area (Å²) in [5.74, 6) is 0.294. The Labute approximate surface area is 161 Å². The lowest BCUT2D eigenvalue weighted by Crippen LogP contribution is -2.03. The molecule has 0 saturated carbocycles. The van der Waals surface area contributed by atoms with E-state index in [9.17, 15) is 8.78 Å². The molecule has 3 nitrogen and oxygen atoms in total. The molecule has 3 aromatic rings. The molecule has 27 heavy (non-hydrogen) atoms. The van der Waals surface area contributed by atoms with E-state index in [-0.39, 0.29) is 18.2 Å². The number of halogens is 3. The van der Waals surface area contributed by atoms with Crippen LogP contribution in [0.4, 0.5) is 14.5 Å². The first-order chi connectivity index (χ1) is 13.1. The second-order valence-corrected chi connectivity index (χ2v) is 6.24. The van der Waals surface area contributed by atoms with Gasteiger partial charge in [0.05, 0.1) is 7.11 Å². The molecule has 140 valence electrons. The lowest BCUT2D eigenvalue weighted by molar-refractivity contribution is 0.279. The number of methoxy groups -OCH3 is 1. The zero-order chi connectivity index (χ0) is 19.2. The van der Waals surface area contributed by atoms with Gasteiger partial charge in [-0.05, 0) is 42.0 Å². The van der Waals surface area contributed by atoms with Gasteiger partial charge in [0.25, 0.3) is 0 Å². The minimum absolute atomic E-state index is 0.0620. The molecule has 3 aromatic carbocycles. The first kappa shape index (κ1) is 19.0. The molecule has 0 spiro atoms. The predicted molar refractivity (Wildman–Crippen MR) is 102 cm³/mol. The van der Waals surface area contributed by atoms with Crippen molar-refractivity contribution in [3.8, 4) is 11.5 Å². The molecule has 1 N–H and O–H groups in total. The van der Waals surface area contributed by atoms with Crippen LogP contribution >= 0.6 is 11.6 Å². The van der Waals surface area contributed by atoms with Gasteiger partial charge in [0, 0.05) is 28.9 Å². The van der Waals surface area contributed by atoms with Gasteiger partial charge in [-0.3, -0.25) is 0 Å². The molecule has 0 radical (unpaired) electrons. The lowest BCUT2D eigenvalue weighted by atomic mass is 10.2. The van der Waals surface area contributed by atoms with E-state index in [2.05, 4.69) is 5.32 Å². The van der Waals surface area contributed by atoms with Crippen LogP contribution in [0.15, 0.2) is 60.7 Å². The molecule has 0 amide bonds. The van der Waals surface area contributed by atoms with Gasteiger partial charge in [0.2, 0.25) is 0 Å². The Hall–Kier alpha value is -2.79. The Balaban J connectivity index is 1.72. The maximum atomic E-state index is 13.7. The Morgan fingerprint density at radius 3 is 2.37 bits per heavy atom. The summed E-state index contributed by atoms with van der Waals surface area (Å²) in [6, 6.07) is 15.9. The summed E-state index contributed by atoms with van der Waals surface area (Å²) in [5, 5.41) is 3.65. The molecule has 0 heterocycles. The van der Waals surface area contributed by atoms with Crippen molar-refractivity contribution in [3.63, 3.8) is 0 Å². The average molecular weight is 390 g/mol. The monoisotopic (exact) mass is 389 g/mol. The summed E-state index contributed by atoms with van der Waals surface area (Å²) >= 11 is 6.35. The fourth-order valence-electron chi connectivity index (χ4n) is 2.52. The number of benzene rings is 3. The zero-order valence-electron chi connectivity index (χ0n) is 14.6. The molecule has 3 rings (SSSR count). The van der Waals surface area contributed by atoms with Crippen LogP contribution in [0.1, 0.15) is 11.1 Å². The lowest BCUT2D eigenvalue weighted by Gasteiger charge is -2.15. The molecular formula is C21H18ClF2NO2. The zero-order valence-corrected chi connectivity index (χ0v) is 15.4. The highest BCUT2D eigenvalue weighted by Crippen LogP contribution is 2.34. The summed E-state index contributed by atoms with van der Waals surface area (Å²) in [5.41, 5.74) is 2.00. The number of nitrogens with one attached hydrogen (secondary N) is 1. The molecule has 0 unspecified atom stereocenters. The summed E-state index contributed by atoms with van der Waals surface area (Å²) in [6.07, 6.45) is 0. The van der Waals surface area contributed by atoms with E-state index in [1.54, 1.807) is 42.5 Å². The van der Waals surface area contributed by atoms with Crippen molar-refractivity contribution in [1.29, 1.82) is 0 Å². The molecule has 0 aliphatic heterocycles. The molecule has 0 fully saturated rings. The Morgan fingerprint density at radius 2 is 1.67 bits per heavy atom. The molecule has 0 bridgehead atoms. The molecule has 6 heteroatoms. The van der Waals surface area contributed by atoms with E-state index >= 15 is 0 Å². The van der Waals surface area contributed by atoms with Crippen LogP contribution in [0.5, 0.6) is 11.5 Å². The van der Waals surface area contributed by atoms with Crippen molar-refractivity contribution >= 4 is 17.3 Å². The van der Waals surface area contributed by atoms with Crippen LogP contribution in [0.25, 0.3) is 0 Å². The number of anilines is 1. The molecule has 0 atom stereocenters. The standard InChI is InChI=1S/C21H18ClF2NO2/c1-26-20-10-15(12-25-17-8-6-16(23)7-9-17)18(22)11-21(20)27-13-14-4-2-3-5-19(14)24/h2-11,25H,12-13H2,1H3. The second-order valence-electron chi connectivity index (χ2n) is 5.84. The van der Waals surface area contributed by atoms with Gasteiger partial charge in [-0.15, -0.1) is 0 Å². The highest BCUT2D eigenvalue weighted by Gasteiger charge is 2.12. The van der Waals surface area contributed by atoms with Crippen molar-refractivity contribution in [2.45, 2.75) is 13.2 Å². The summed E-state index contributed by atoms with van der Waals surface area (Å²) in [6.45, 7) is 0.487. The van der Waals surface area contributed by atoms with Crippen molar-refractivity contribution in [2.75, 3.05) is 12.4 Å². The quantitative estimate of drug-likeness (QED) is 0.552. The fraction of sp³-hybridized carbons (Fsp3) is 0.143. The summed E-state index contributed by atoms with van der Waals surface area (Å²) in [7, 11) is 1.52. The molecular weight excluding hydrogens is 372 g/mol. The van der Waals surface area contributed by atoms with E-state index in [4.69, 9.17) is 21.1 Å². The minimum atomic E-state index is -0.331. The Bertz CT molecular complexity index is 917. The van der Waals surface area contributed by atoms with Crippen LogP contribution in [0.2, 0.25) is 5.02 Å². The third-order valence-corrected chi connectivity index (χ3v) is 4.35. The van der Waals surface area contributed by atoms with Gasteiger partial charge < -0.3 is 14.8 Å². The van der Waals surface area contributed by atoms with Crippen LogP contribution < -0.4 is 14.8 Å². The van der Waals surface area contributed by atoms with Crippen molar-refractivity contribution in [1.82, 2.24) is 0 Å². The van der Waals surface area contributed by atoms with Crippen molar-refractivity contribution < 1.29 is 18.3 Å². The first-order valence-electron chi connectivity index (χ1n) is 8.29. The van der Waals surface area contributed by atoms with E-state index in [0.29, 0.717) is 28.6 Å². The summed E-state index contributed by atoms with van der Waals surface area (Å²) < 4.78 is 37.8. The first-order valence-corrected chi connectivity index (χ1v) is 8.66. The largest absolute Gasteiger partial charge is 0.493 e. The van der Waals surface area contributed by atoms with Gasteiger partial charge in [0.1, 0.15) is 18.2 Å². The molecule has 0 aromatic heterocycles. The maximum Gasteiger partial charge on any atom is 0.163 e. The molecule has 0 aliphatic carbocycles. The molecule has 0 aliphatic rings. The van der Waals surface area contributed by atoms with Gasteiger partial charge in [-0.1, -0.05) is 29.8 Å². The van der Waals surface area contributed by atoms with Crippen molar-refractivity contribution in [3.05, 3.63) is 88.4 Å². The Kier molecular flexibility index (Phi) is 6.14. The summed E-state index contributed by atoms with van der Waals surface area (Å²) in [4.78, 5) is 0. The van der Waals surface area contributed by atoms with Gasteiger partial charge in [-0.2, -0.15) is 0 Å². The van der Waals surface area contributed by atoms with E-state index in [1.165, 1.54) is 25.3 Å². The number of rotatable bonds is 7. The van der Waals surface area contributed by atoms with E-state index in [1.807, 2.05) is 0 Å². The van der Waals surface area contributed by atoms with Gasteiger partial charge >= 0.3 is 0 Å². The minimum Gasteiger partial charge on any atom is -0.493 e. The topological polar surface area (TPSA) is 30.5 Å². The highest BCUT2D eigenvalue weighted by molar-refractivity contribution is 6.31. The number of ether oxygens (including phenoxy) is 2. The van der Waals surface area contributed by atoms with Crippen molar-refractivity contribution in [2.24, 2.45) is 0 Å². The highest BCUT2D eigenvalue weighted by atomic mass is 35.5. The fourth-order valence-corrected chi connectivity index (χ4v) is 2.74. The van der Waals surface area contributed by atoms with Crippen LogP contribution in [-0.4, -0.2) is 7.11 Å². The number of hydrogen-bond donors (Lipinski definition) is 1. The van der Waals surface area contributed by atoms with E-state index < -0.39 is 0 Å². The predicted octanol–water partition coefficient (Wildman–Crippen LogP) is 5.82.